The summed E-state index contributed by atoms with van der Waals surface area (Å²) in [6.07, 6.45) is -1.01. The summed E-state index contributed by atoms with van der Waals surface area (Å²) in [7, 11) is 0. The van der Waals surface area contributed by atoms with E-state index in [-0.39, 0.29) is 16.9 Å². The van der Waals surface area contributed by atoms with E-state index in [1.807, 2.05) is 6.07 Å². The van der Waals surface area contributed by atoms with Gasteiger partial charge in [-0.05, 0) is 63.1 Å². The number of amides is 4. The van der Waals surface area contributed by atoms with Gasteiger partial charge in [0.05, 0.1) is 23.9 Å². The molecule has 1 aliphatic carbocycles. The predicted molar refractivity (Wildman–Crippen MR) is 172 cm³/mol. The Morgan fingerprint density at radius 1 is 1.08 bits per heavy atom. The molecule has 4 amide bonds. The standard InChI is InChI=1S/C35H34F4N6O5/c1-20-7-5-6-8-26(20)30(31(47)42-24-15-35(38,39)16-24)44(25-13-22(36)12-23(37)14-25)32(48)27-18-43(33(49)50-34(2,3)4)19-29(46)45(27)28-11-21(17-40)9-10-41-28/h5-14,24,27,30H,15-16,18-19H2,1-4H3,(H,42,47)/t27-,30?/m0/s1. The van der Waals surface area contributed by atoms with E-state index < -0.39 is 96.7 Å². The zero-order valence-corrected chi connectivity index (χ0v) is 27.6. The molecule has 5 rings (SSSR count). The number of alkyl halides is 2. The van der Waals surface area contributed by atoms with Crippen molar-refractivity contribution >= 4 is 35.3 Å². The smallest absolute Gasteiger partial charge is 0.410 e. The van der Waals surface area contributed by atoms with Crippen molar-refractivity contribution in [3.8, 4) is 6.07 Å². The average Bonchev–Trinajstić information content (AvgIpc) is 3.01. The Labute approximate surface area is 285 Å². The molecule has 2 aromatic carbocycles. The number of hydrogen-bond donors (Lipinski definition) is 1. The number of nitrogens with one attached hydrogen (secondary N) is 1. The Morgan fingerprint density at radius 3 is 2.34 bits per heavy atom. The van der Waals surface area contributed by atoms with Crippen LogP contribution in [0.3, 0.4) is 0 Å². The lowest BCUT2D eigenvalue weighted by Crippen LogP contribution is -2.65. The van der Waals surface area contributed by atoms with E-state index in [2.05, 4.69) is 10.3 Å². The fourth-order valence-electron chi connectivity index (χ4n) is 5.91. The number of benzene rings is 2. The van der Waals surface area contributed by atoms with Gasteiger partial charge in [-0.2, -0.15) is 5.26 Å². The molecule has 2 atom stereocenters. The molecule has 1 unspecified atom stereocenters. The summed E-state index contributed by atoms with van der Waals surface area (Å²) >= 11 is 0. The zero-order valence-electron chi connectivity index (χ0n) is 27.6. The largest absolute Gasteiger partial charge is 0.444 e. The van der Waals surface area contributed by atoms with Crippen LogP contribution in [-0.4, -0.2) is 70.4 Å². The minimum absolute atomic E-state index is 0.0853. The number of carbonyl (C=O) groups is 4. The third-order valence-corrected chi connectivity index (χ3v) is 8.15. The molecular formula is C35H34F4N6O5. The number of carbonyl (C=O) groups excluding carboxylic acids is 4. The number of aromatic nitrogens is 1. The van der Waals surface area contributed by atoms with Crippen LogP contribution >= 0.6 is 0 Å². The molecule has 1 aliphatic heterocycles. The molecular weight excluding hydrogens is 660 g/mol. The predicted octanol–water partition coefficient (Wildman–Crippen LogP) is 5.18. The molecule has 11 nitrogen and oxygen atoms in total. The van der Waals surface area contributed by atoms with Gasteiger partial charge in [-0.25, -0.2) is 27.3 Å². The lowest BCUT2D eigenvalue weighted by atomic mass is 9.87. The lowest BCUT2D eigenvalue weighted by molar-refractivity contribution is -0.133. The Hall–Kier alpha value is -5.52. The van der Waals surface area contributed by atoms with E-state index in [9.17, 15) is 37.2 Å². The van der Waals surface area contributed by atoms with Crippen LogP contribution in [0.1, 0.15) is 56.3 Å². The topological polar surface area (TPSA) is 136 Å². The minimum Gasteiger partial charge on any atom is -0.444 e. The number of nitrogens with zero attached hydrogens (tertiary/aromatic N) is 5. The summed E-state index contributed by atoms with van der Waals surface area (Å²) < 4.78 is 62.8. The molecule has 3 aromatic rings. The summed E-state index contributed by atoms with van der Waals surface area (Å²) in [5.74, 6) is -8.18. The summed E-state index contributed by atoms with van der Waals surface area (Å²) in [6, 6.07) is 8.71. The number of nitriles is 1. The third-order valence-electron chi connectivity index (χ3n) is 8.15. The number of aryl methyl sites for hydroxylation is 1. The number of hydrogen-bond acceptors (Lipinski definition) is 7. The number of pyridine rings is 1. The summed E-state index contributed by atoms with van der Waals surface area (Å²) in [5, 5.41) is 12.1. The molecule has 0 bridgehead atoms. The summed E-state index contributed by atoms with van der Waals surface area (Å²) in [4.78, 5) is 63.2. The molecule has 1 saturated heterocycles. The Bertz CT molecular complexity index is 1850. The van der Waals surface area contributed by atoms with Crippen LogP contribution in [0.5, 0.6) is 0 Å². The Morgan fingerprint density at radius 2 is 1.74 bits per heavy atom. The van der Waals surface area contributed by atoms with Crippen molar-refractivity contribution in [2.24, 2.45) is 0 Å². The molecule has 0 spiro atoms. The highest BCUT2D eigenvalue weighted by Gasteiger charge is 2.49. The maximum atomic E-state index is 15.1. The molecule has 1 aromatic heterocycles. The summed E-state index contributed by atoms with van der Waals surface area (Å²) in [6.45, 7) is 5.35. The highest BCUT2D eigenvalue weighted by molar-refractivity contribution is 6.10. The molecule has 262 valence electrons. The lowest BCUT2D eigenvalue weighted by Gasteiger charge is -2.43. The van der Waals surface area contributed by atoms with E-state index >= 15 is 4.79 Å². The maximum Gasteiger partial charge on any atom is 0.410 e. The van der Waals surface area contributed by atoms with E-state index in [0.717, 1.165) is 26.8 Å². The zero-order chi connectivity index (χ0) is 36.5. The first-order valence-electron chi connectivity index (χ1n) is 15.7. The van der Waals surface area contributed by atoms with Crippen LogP contribution in [0.4, 0.5) is 33.9 Å². The maximum absolute atomic E-state index is 15.1. The normalized spacial score (nSPS) is 18.1. The van der Waals surface area contributed by atoms with Gasteiger partial charge in [0.1, 0.15) is 41.7 Å². The monoisotopic (exact) mass is 694 g/mol. The highest BCUT2D eigenvalue weighted by atomic mass is 19.3. The van der Waals surface area contributed by atoms with Crippen molar-refractivity contribution in [3.63, 3.8) is 0 Å². The Balaban J connectivity index is 1.69. The van der Waals surface area contributed by atoms with Gasteiger partial charge >= 0.3 is 6.09 Å². The van der Waals surface area contributed by atoms with Crippen LogP contribution < -0.4 is 15.1 Å². The number of halogens is 4. The minimum atomic E-state index is -3.00. The van der Waals surface area contributed by atoms with Crippen molar-refractivity contribution in [3.05, 3.63) is 89.1 Å². The quantitative estimate of drug-likeness (QED) is 0.337. The second kappa shape index (κ2) is 13.8. The fraction of sp³-hybridized carbons (Fsp3) is 0.371. The number of rotatable bonds is 7. The molecule has 2 heterocycles. The van der Waals surface area contributed by atoms with Gasteiger partial charge in [0.2, 0.25) is 11.8 Å². The van der Waals surface area contributed by atoms with Crippen LogP contribution in [-0.2, 0) is 19.1 Å². The van der Waals surface area contributed by atoms with Gasteiger partial charge in [-0.15, -0.1) is 0 Å². The van der Waals surface area contributed by atoms with Crippen molar-refractivity contribution in [2.75, 3.05) is 22.9 Å². The summed E-state index contributed by atoms with van der Waals surface area (Å²) in [5.41, 5.74) is -0.679. The molecule has 2 fully saturated rings. The van der Waals surface area contributed by atoms with E-state index in [1.165, 1.54) is 24.4 Å². The molecule has 50 heavy (non-hydrogen) atoms. The van der Waals surface area contributed by atoms with E-state index in [4.69, 9.17) is 4.74 Å². The van der Waals surface area contributed by atoms with E-state index in [1.54, 1.807) is 45.9 Å². The van der Waals surface area contributed by atoms with Gasteiger partial charge in [0, 0.05) is 31.1 Å². The number of ether oxygens (including phenoxy) is 1. The highest BCUT2D eigenvalue weighted by Crippen LogP contribution is 2.39. The van der Waals surface area contributed by atoms with Gasteiger partial charge in [0.25, 0.3) is 11.8 Å². The van der Waals surface area contributed by atoms with Crippen molar-refractivity contribution in [2.45, 2.75) is 70.2 Å². The molecule has 15 heteroatoms. The van der Waals surface area contributed by atoms with Crippen molar-refractivity contribution < 1.29 is 41.5 Å². The second-order valence-corrected chi connectivity index (χ2v) is 13.2. The average molecular weight is 695 g/mol. The van der Waals surface area contributed by atoms with Crippen LogP contribution in [0.2, 0.25) is 0 Å². The molecule has 2 aliphatic rings. The first kappa shape index (κ1) is 35.8. The van der Waals surface area contributed by atoms with Crippen molar-refractivity contribution in [1.82, 2.24) is 15.2 Å². The first-order valence-corrected chi connectivity index (χ1v) is 15.7. The van der Waals surface area contributed by atoms with E-state index in [0.29, 0.717) is 11.6 Å². The molecule has 1 N–H and O–H groups in total. The molecule has 1 saturated carbocycles. The van der Waals surface area contributed by atoms with Gasteiger partial charge in [-0.3, -0.25) is 29.1 Å². The number of piperazine rings is 1. The van der Waals surface area contributed by atoms with Crippen molar-refractivity contribution in [1.29, 1.82) is 5.26 Å². The van der Waals surface area contributed by atoms with Gasteiger partial charge in [0.15, 0.2) is 0 Å². The first-order chi connectivity index (χ1) is 23.5. The molecule has 0 radical (unpaired) electrons. The number of anilines is 2. The SMILES string of the molecule is Cc1ccccc1C(C(=O)NC1CC(F)(F)C1)N(C(=O)[C@@H]1CN(C(=O)OC(C)(C)C)CC(=O)N1c1cc(C#N)ccn1)c1cc(F)cc(F)c1. The fourth-order valence-corrected chi connectivity index (χ4v) is 5.91. The van der Waals surface area contributed by atoms with Gasteiger partial charge in [-0.1, -0.05) is 24.3 Å². The van der Waals surface area contributed by atoms with Crippen LogP contribution in [0.15, 0.2) is 60.8 Å². The third kappa shape index (κ3) is 7.85. The van der Waals surface area contributed by atoms with Gasteiger partial charge < -0.3 is 10.1 Å². The van der Waals surface area contributed by atoms with Crippen LogP contribution in [0.25, 0.3) is 0 Å². The van der Waals surface area contributed by atoms with Crippen LogP contribution in [0, 0.1) is 29.9 Å². The second-order valence-electron chi connectivity index (χ2n) is 13.2. The Kier molecular flexibility index (Phi) is 9.85.